The number of rotatable bonds is 8. The highest BCUT2D eigenvalue weighted by atomic mass is 35.5. The molecule has 2 aromatic carbocycles. The van der Waals surface area contributed by atoms with Crippen LogP contribution in [0.2, 0.25) is 5.02 Å². The van der Waals surface area contributed by atoms with Crippen LogP contribution in [-0.2, 0) is 9.59 Å². The number of aryl methyl sites for hydroxylation is 1. The zero-order valence-corrected chi connectivity index (χ0v) is 15.5. The van der Waals surface area contributed by atoms with Crippen LogP contribution >= 0.6 is 11.6 Å². The topological polar surface area (TPSA) is 76.7 Å². The van der Waals surface area contributed by atoms with E-state index in [2.05, 4.69) is 10.9 Å². The van der Waals surface area contributed by atoms with Crippen molar-refractivity contribution in [1.82, 2.24) is 10.9 Å². The Morgan fingerprint density at radius 3 is 2.37 bits per heavy atom. The zero-order chi connectivity index (χ0) is 19.6. The highest BCUT2D eigenvalue weighted by molar-refractivity contribution is 6.31. The quantitative estimate of drug-likeness (QED) is 0.532. The predicted octanol–water partition coefficient (Wildman–Crippen LogP) is 3.17. The Morgan fingerprint density at radius 2 is 1.67 bits per heavy atom. The summed E-state index contributed by atoms with van der Waals surface area (Å²) >= 11 is 5.94. The maximum atomic E-state index is 12.8. The maximum absolute atomic E-state index is 12.8. The van der Waals surface area contributed by atoms with Gasteiger partial charge in [-0.3, -0.25) is 20.4 Å². The lowest BCUT2D eigenvalue weighted by Gasteiger charge is -2.10. The summed E-state index contributed by atoms with van der Waals surface area (Å²) in [6.07, 6.45) is 0.668. The lowest BCUT2D eigenvalue weighted by molar-refractivity contribution is -0.130. The SMILES string of the molecule is Cc1cc(OCCCC(=O)NNC(=O)COc2ccc(F)cc2)ccc1Cl. The second-order valence-electron chi connectivity index (χ2n) is 5.70. The van der Waals surface area contributed by atoms with Crippen LogP contribution < -0.4 is 20.3 Å². The third-order valence-electron chi connectivity index (χ3n) is 3.47. The molecule has 0 aliphatic rings. The van der Waals surface area contributed by atoms with E-state index in [1.165, 1.54) is 24.3 Å². The number of amides is 2. The number of benzene rings is 2. The van der Waals surface area contributed by atoms with Gasteiger partial charge < -0.3 is 9.47 Å². The summed E-state index contributed by atoms with van der Waals surface area (Å²) in [5.41, 5.74) is 5.45. The van der Waals surface area contributed by atoms with Crippen molar-refractivity contribution in [3.05, 3.63) is 58.9 Å². The summed E-state index contributed by atoms with van der Waals surface area (Å²) < 4.78 is 23.5. The molecule has 2 amide bonds. The molecule has 2 rings (SSSR count). The number of carbonyl (C=O) groups excluding carboxylic acids is 2. The minimum Gasteiger partial charge on any atom is -0.494 e. The fourth-order valence-electron chi connectivity index (χ4n) is 2.05. The van der Waals surface area contributed by atoms with Gasteiger partial charge in [0.05, 0.1) is 6.61 Å². The highest BCUT2D eigenvalue weighted by Gasteiger charge is 2.06. The first kappa shape index (κ1) is 20.5. The van der Waals surface area contributed by atoms with Crippen molar-refractivity contribution in [2.45, 2.75) is 19.8 Å². The first-order chi connectivity index (χ1) is 12.9. The van der Waals surface area contributed by atoms with Gasteiger partial charge in [0.2, 0.25) is 5.91 Å². The lowest BCUT2D eigenvalue weighted by Crippen LogP contribution is -2.43. The van der Waals surface area contributed by atoms with Crippen LogP contribution in [0, 0.1) is 12.7 Å². The number of hydrogen-bond donors (Lipinski definition) is 2. The van der Waals surface area contributed by atoms with Crippen molar-refractivity contribution in [3.8, 4) is 11.5 Å². The van der Waals surface area contributed by atoms with Crippen LogP contribution in [0.5, 0.6) is 11.5 Å². The van der Waals surface area contributed by atoms with Gasteiger partial charge in [-0.1, -0.05) is 11.6 Å². The molecule has 6 nitrogen and oxygen atoms in total. The van der Waals surface area contributed by atoms with Crippen molar-refractivity contribution < 1.29 is 23.5 Å². The largest absolute Gasteiger partial charge is 0.494 e. The zero-order valence-electron chi connectivity index (χ0n) is 14.8. The third-order valence-corrected chi connectivity index (χ3v) is 3.90. The van der Waals surface area contributed by atoms with Crippen LogP contribution in [0.1, 0.15) is 18.4 Å². The minimum absolute atomic E-state index is 0.186. The van der Waals surface area contributed by atoms with Crippen LogP contribution in [0.25, 0.3) is 0 Å². The molecule has 0 saturated heterocycles. The van der Waals surface area contributed by atoms with Crippen molar-refractivity contribution >= 4 is 23.4 Å². The van der Waals surface area contributed by atoms with Crippen LogP contribution in [0.4, 0.5) is 4.39 Å². The number of hydrogen-bond acceptors (Lipinski definition) is 4. The summed E-state index contributed by atoms with van der Waals surface area (Å²) in [7, 11) is 0. The molecule has 0 fully saturated rings. The van der Waals surface area contributed by atoms with Gasteiger partial charge in [-0.15, -0.1) is 0 Å². The van der Waals surface area contributed by atoms with Gasteiger partial charge >= 0.3 is 0 Å². The average molecular weight is 395 g/mol. The summed E-state index contributed by atoms with van der Waals surface area (Å²) in [6, 6.07) is 10.6. The molecule has 0 spiro atoms. The molecular weight excluding hydrogens is 375 g/mol. The lowest BCUT2D eigenvalue weighted by atomic mass is 10.2. The Labute approximate surface area is 161 Å². The van der Waals surface area contributed by atoms with E-state index in [0.717, 1.165) is 5.56 Å². The summed E-state index contributed by atoms with van der Waals surface area (Å²) in [5, 5.41) is 0.667. The van der Waals surface area contributed by atoms with Gasteiger partial charge in [0.15, 0.2) is 6.61 Å². The van der Waals surface area contributed by atoms with Gasteiger partial charge in [0, 0.05) is 11.4 Å². The second kappa shape index (κ2) is 10.4. The van der Waals surface area contributed by atoms with Crippen LogP contribution in [-0.4, -0.2) is 25.0 Å². The number of carbonyl (C=O) groups is 2. The molecule has 0 atom stereocenters. The van der Waals surface area contributed by atoms with Crippen molar-refractivity contribution in [2.24, 2.45) is 0 Å². The molecule has 0 radical (unpaired) electrons. The van der Waals surface area contributed by atoms with E-state index in [9.17, 15) is 14.0 Å². The molecule has 0 bridgehead atoms. The van der Waals surface area contributed by atoms with Gasteiger partial charge in [-0.2, -0.15) is 0 Å². The van der Waals surface area contributed by atoms with Gasteiger partial charge in [-0.25, -0.2) is 4.39 Å². The number of halogens is 2. The molecule has 0 aliphatic carbocycles. The molecule has 0 saturated carbocycles. The van der Waals surface area contributed by atoms with E-state index >= 15 is 0 Å². The fourth-order valence-corrected chi connectivity index (χ4v) is 2.16. The Kier molecular flexibility index (Phi) is 7.88. The van der Waals surface area contributed by atoms with E-state index in [1.807, 2.05) is 13.0 Å². The normalized spacial score (nSPS) is 10.2. The molecule has 0 unspecified atom stereocenters. The number of hydrazine groups is 1. The molecule has 27 heavy (non-hydrogen) atoms. The second-order valence-corrected chi connectivity index (χ2v) is 6.11. The molecule has 8 heteroatoms. The first-order valence-corrected chi connectivity index (χ1v) is 8.67. The van der Waals surface area contributed by atoms with E-state index in [-0.39, 0.29) is 18.9 Å². The standard InChI is InChI=1S/C19H20ClFN2O4/c1-13-11-16(8-9-17(13)20)26-10-2-3-18(24)22-23-19(25)12-27-15-6-4-14(21)5-7-15/h4-9,11H,2-3,10,12H2,1H3,(H,22,24)(H,23,25). The van der Waals surface area contributed by atoms with Crippen molar-refractivity contribution in [1.29, 1.82) is 0 Å². The summed E-state index contributed by atoms with van der Waals surface area (Å²) in [5.74, 6) is -0.230. The van der Waals surface area contributed by atoms with E-state index in [1.54, 1.807) is 12.1 Å². The van der Waals surface area contributed by atoms with Gasteiger partial charge in [0.1, 0.15) is 17.3 Å². The fraction of sp³-hybridized carbons (Fsp3) is 0.263. The molecule has 0 heterocycles. The minimum atomic E-state index is -0.527. The smallest absolute Gasteiger partial charge is 0.276 e. The van der Waals surface area contributed by atoms with E-state index in [0.29, 0.717) is 29.5 Å². The summed E-state index contributed by atoms with van der Waals surface area (Å²) in [4.78, 5) is 23.3. The van der Waals surface area contributed by atoms with Crippen molar-refractivity contribution in [3.63, 3.8) is 0 Å². The van der Waals surface area contributed by atoms with Gasteiger partial charge in [0.25, 0.3) is 5.91 Å². The van der Waals surface area contributed by atoms with Crippen molar-refractivity contribution in [2.75, 3.05) is 13.2 Å². The first-order valence-electron chi connectivity index (χ1n) is 8.29. The Bertz CT molecular complexity index is 784. The Balaban J connectivity index is 1.57. The molecule has 2 N–H and O–H groups in total. The third kappa shape index (κ3) is 7.53. The van der Waals surface area contributed by atoms with E-state index in [4.69, 9.17) is 21.1 Å². The molecular formula is C19H20ClFN2O4. The maximum Gasteiger partial charge on any atom is 0.276 e. The Morgan fingerprint density at radius 1 is 1.00 bits per heavy atom. The molecule has 0 aliphatic heterocycles. The highest BCUT2D eigenvalue weighted by Crippen LogP contribution is 2.21. The average Bonchev–Trinajstić information content (AvgIpc) is 2.66. The molecule has 0 aromatic heterocycles. The monoisotopic (exact) mass is 394 g/mol. The Hall–Kier alpha value is -2.80. The summed E-state index contributed by atoms with van der Waals surface area (Å²) in [6.45, 7) is 1.94. The molecule has 144 valence electrons. The van der Waals surface area contributed by atoms with Crippen LogP contribution in [0.15, 0.2) is 42.5 Å². The van der Waals surface area contributed by atoms with Crippen LogP contribution in [0.3, 0.4) is 0 Å². The molecule has 2 aromatic rings. The predicted molar refractivity (Wildman–Crippen MR) is 99.1 cm³/mol. The number of nitrogens with one attached hydrogen (secondary N) is 2. The van der Waals surface area contributed by atoms with Gasteiger partial charge in [-0.05, 0) is 61.4 Å². The van der Waals surface area contributed by atoms with E-state index < -0.39 is 11.7 Å². The number of ether oxygens (including phenoxy) is 2.